The molecule has 0 unspecified atom stereocenters. The maximum Gasteiger partial charge on any atom is 0.264 e. The van der Waals surface area contributed by atoms with Gasteiger partial charge in [-0.25, -0.2) is 36.7 Å². The average Bonchev–Trinajstić information content (AvgIpc) is 3.33. The van der Waals surface area contributed by atoms with Gasteiger partial charge in [-0.1, -0.05) is 47.5 Å². The molecule has 1 heterocycles. The molecule has 3 aromatic carbocycles. The summed E-state index contributed by atoms with van der Waals surface area (Å²) in [5.41, 5.74) is 2.52. The molecule has 39 heavy (non-hydrogen) atoms. The Morgan fingerprint density at radius 3 is 2.31 bits per heavy atom. The zero-order valence-electron chi connectivity index (χ0n) is 20.2. The largest absolute Gasteiger partial charge is 0.264 e. The van der Waals surface area contributed by atoms with E-state index in [1.807, 2.05) is 6.07 Å². The van der Waals surface area contributed by atoms with Crippen molar-refractivity contribution >= 4 is 54.9 Å². The lowest BCUT2D eigenvalue weighted by Gasteiger charge is -2.20. The van der Waals surface area contributed by atoms with Crippen LogP contribution in [0.3, 0.4) is 0 Å². The minimum absolute atomic E-state index is 0.0783. The van der Waals surface area contributed by atoms with Crippen molar-refractivity contribution in [3.63, 3.8) is 0 Å². The third-order valence-electron chi connectivity index (χ3n) is 5.70. The van der Waals surface area contributed by atoms with Gasteiger partial charge in [0.2, 0.25) is 16.0 Å². The first-order chi connectivity index (χ1) is 18.4. The lowest BCUT2D eigenvalue weighted by molar-refractivity contribution is 0.461. The lowest BCUT2D eigenvalue weighted by atomic mass is 9.90. The van der Waals surface area contributed by atoms with Crippen LogP contribution in [-0.4, -0.2) is 52.4 Å². The van der Waals surface area contributed by atoms with E-state index in [2.05, 4.69) is 20.9 Å². The molecular weight excluding hydrogens is 583 g/mol. The number of sulfonamides is 2. The van der Waals surface area contributed by atoms with Gasteiger partial charge >= 0.3 is 0 Å². The van der Waals surface area contributed by atoms with E-state index in [0.717, 1.165) is 11.1 Å². The second-order valence-electron chi connectivity index (χ2n) is 8.50. The van der Waals surface area contributed by atoms with Gasteiger partial charge in [0.25, 0.3) is 10.0 Å². The number of rotatable bonds is 7. The Labute approximate surface area is 236 Å². The predicted molar refractivity (Wildman–Crippen MR) is 151 cm³/mol. The summed E-state index contributed by atoms with van der Waals surface area (Å²) >= 11 is 12.0. The molecule has 0 spiro atoms. The standard InChI is InChI=1S/C25H22Cl2N6O4S2/c26-20-6-4-18(5-7-20)24-23(19-3-1-2-17(14-19)15-28)16-33(31-24)25(30-12-13-38(29,34)35)32-39(36,37)22-10-8-21(27)9-11-22/h1-11,14,23H,12-13,16H2,(H,30,32)(H2,29,34,35)/t23-/m1/s1. The Balaban J connectivity index is 1.76. The molecule has 4 rings (SSSR count). The molecule has 202 valence electrons. The van der Waals surface area contributed by atoms with Crippen LogP contribution < -0.4 is 9.86 Å². The molecule has 0 aliphatic carbocycles. The van der Waals surface area contributed by atoms with Crippen molar-refractivity contribution in [3.8, 4) is 6.07 Å². The fourth-order valence-corrected chi connectivity index (χ4v) is 5.46. The first-order valence-corrected chi connectivity index (χ1v) is 15.4. The number of aliphatic imine (C=N–C) groups is 1. The summed E-state index contributed by atoms with van der Waals surface area (Å²) in [5, 5.41) is 21.4. The van der Waals surface area contributed by atoms with Gasteiger partial charge in [0, 0.05) is 16.0 Å². The Morgan fingerprint density at radius 1 is 1.05 bits per heavy atom. The number of hydrazone groups is 1. The van der Waals surface area contributed by atoms with Crippen LogP contribution in [0.1, 0.15) is 22.6 Å². The molecule has 1 aliphatic rings. The second-order valence-corrected chi connectivity index (χ2v) is 12.8. The summed E-state index contributed by atoms with van der Waals surface area (Å²) in [6.07, 6.45) is 0. The van der Waals surface area contributed by atoms with E-state index >= 15 is 0 Å². The normalized spacial score (nSPS) is 16.1. The molecule has 14 heteroatoms. The zero-order chi connectivity index (χ0) is 28.2. The first kappa shape index (κ1) is 28.5. The second kappa shape index (κ2) is 11.7. The molecule has 0 saturated carbocycles. The molecular formula is C25H22Cl2N6O4S2. The summed E-state index contributed by atoms with van der Waals surface area (Å²) in [7, 11) is -8.01. The van der Waals surface area contributed by atoms with Crippen LogP contribution in [-0.2, 0) is 20.0 Å². The van der Waals surface area contributed by atoms with Gasteiger partial charge in [0.05, 0.1) is 41.1 Å². The number of halogens is 2. The number of nitrogens with two attached hydrogens (primary N) is 1. The number of nitriles is 1. The van der Waals surface area contributed by atoms with Gasteiger partial charge in [-0.3, -0.25) is 0 Å². The van der Waals surface area contributed by atoms with Crippen molar-refractivity contribution in [2.45, 2.75) is 10.8 Å². The molecule has 0 amide bonds. The summed E-state index contributed by atoms with van der Waals surface area (Å²) < 4.78 is 51.8. The van der Waals surface area contributed by atoms with Crippen molar-refractivity contribution in [1.29, 1.82) is 5.26 Å². The van der Waals surface area contributed by atoms with Crippen LogP contribution in [0.4, 0.5) is 0 Å². The maximum absolute atomic E-state index is 13.2. The quantitative estimate of drug-likeness (QED) is 0.311. The van der Waals surface area contributed by atoms with Crippen LogP contribution in [0, 0.1) is 11.3 Å². The van der Waals surface area contributed by atoms with Crippen LogP contribution in [0.15, 0.2) is 87.8 Å². The summed E-state index contributed by atoms with van der Waals surface area (Å²) in [6.45, 7) is -0.168. The number of nitrogens with zero attached hydrogens (tertiary/aromatic N) is 4. The van der Waals surface area contributed by atoms with E-state index in [1.54, 1.807) is 42.5 Å². The molecule has 1 aliphatic heterocycles. The smallest absolute Gasteiger partial charge is 0.250 e. The highest BCUT2D eigenvalue weighted by molar-refractivity contribution is 7.90. The topological polar surface area (TPSA) is 158 Å². The van der Waals surface area contributed by atoms with Gasteiger partial charge in [0.15, 0.2) is 0 Å². The third kappa shape index (κ3) is 7.35. The molecule has 0 radical (unpaired) electrons. The molecule has 3 N–H and O–H groups in total. The van der Waals surface area contributed by atoms with E-state index in [1.165, 1.54) is 29.3 Å². The van der Waals surface area contributed by atoms with Gasteiger partial charge in [-0.05, 0) is 59.7 Å². The number of guanidine groups is 1. The Bertz CT molecular complexity index is 1690. The number of nitrogens with one attached hydrogen (secondary N) is 1. The third-order valence-corrected chi connectivity index (χ3v) is 8.30. The molecule has 3 aromatic rings. The summed E-state index contributed by atoms with van der Waals surface area (Å²) in [6, 6.07) is 21.6. The Morgan fingerprint density at radius 2 is 1.69 bits per heavy atom. The van der Waals surface area contributed by atoms with Crippen molar-refractivity contribution in [2.24, 2.45) is 15.2 Å². The molecule has 10 nitrogen and oxygen atoms in total. The maximum atomic E-state index is 13.2. The number of primary sulfonamides is 1. The lowest BCUT2D eigenvalue weighted by Crippen LogP contribution is -2.41. The number of benzene rings is 3. The van der Waals surface area contributed by atoms with E-state index in [9.17, 15) is 22.1 Å². The van der Waals surface area contributed by atoms with Crippen molar-refractivity contribution in [3.05, 3.63) is 99.5 Å². The van der Waals surface area contributed by atoms with E-state index in [0.29, 0.717) is 21.3 Å². The SMILES string of the molecule is N#Cc1cccc([C@H]2CN(C(=NCCS(N)(=O)=O)NS(=O)(=O)c3ccc(Cl)cc3)N=C2c2ccc(Cl)cc2)c1. The van der Waals surface area contributed by atoms with Gasteiger partial charge in [0.1, 0.15) is 0 Å². The zero-order valence-corrected chi connectivity index (χ0v) is 23.3. The highest BCUT2D eigenvalue weighted by Crippen LogP contribution is 2.30. The van der Waals surface area contributed by atoms with Crippen LogP contribution in [0.25, 0.3) is 0 Å². The van der Waals surface area contributed by atoms with Crippen molar-refractivity contribution < 1.29 is 16.8 Å². The van der Waals surface area contributed by atoms with Crippen molar-refractivity contribution in [1.82, 2.24) is 9.73 Å². The summed E-state index contributed by atoms with van der Waals surface area (Å²) in [5.74, 6) is -1.09. The van der Waals surface area contributed by atoms with Crippen LogP contribution in [0.5, 0.6) is 0 Å². The van der Waals surface area contributed by atoms with E-state index in [-0.39, 0.29) is 29.9 Å². The number of hydrogen-bond donors (Lipinski definition) is 2. The molecule has 0 aromatic heterocycles. The predicted octanol–water partition coefficient (Wildman–Crippen LogP) is 3.29. The van der Waals surface area contributed by atoms with Gasteiger partial charge in [-0.2, -0.15) is 10.4 Å². The van der Waals surface area contributed by atoms with Gasteiger partial charge < -0.3 is 0 Å². The van der Waals surface area contributed by atoms with Crippen molar-refractivity contribution in [2.75, 3.05) is 18.8 Å². The minimum atomic E-state index is -4.15. The van der Waals surface area contributed by atoms with E-state index in [4.69, 9.17) is 28.3 Å². The average molecular weight is 606 g/mol. The van der Waals surface area contributed by atoms with Gasteiger partial charge in [-0.15, -0.1) is 0 Å². The van der Waals surface area contributed by atoms with Crippen LogP contribution >= 0.6 is 23.2 Å². The Kier molecular flexibility index (Phi) is 8.58. The first-order valence-electron chi connectivity index (χ1n) is 11.4. The fourth-order valence-electron chi connectivity index (χ4n) is 3.84. The highest BCUT2D eigenvalue weighted by atomic mass is 35.5. The molecule has 0 saturated heterocycles. The monoisotopic (exact) mass is 604 g/mol. The Hall–Kier alpha value is -3.47. The number of hydrogen-bond acceptors (Lipinski definition) is 7. The molecule has 1 atom stereocenters. The molecule has 0 fully saturated rings. The summed E-state index contributed by atoms with van der Waals surface area (Å²) in [4.78, 5) is 4.13. The van der Waals surface area contributed by atoms with Crippen LogP contribution in [0.2, 0.25) is 10.0 Å². The fraction of sp³-hybridized carbons (Fsp3) is 0.160. The minimum Gasteiger partial charge on any atom is -0.250 e. The molecule has 0 bridgehead atoms. The van der Waals surface area contributed by atoms with E-state index < -0.39 is 25.8 Å². The highest BCUT2D eigenvalue weighted by Gasteiger charge is 2.33.